The van der Waals surface area contributed by atoms with Crippen LogP contribution in [0.2, 0.25) is 5.02 Å². The van der Waals surface area contributed by atoms with E-state index < -0.39 is 5.82 Å². The van der Waals surface area contributed by atoms with Gasteiger partial charge >= 0.3 is 0 Å². The lowest BCUT2D eigenvalue weighted by molar-refractivity contribution is 0.539. The Kier molecular flexibility index (Phi) is 5.10. The van der Waals surface area contributed by atoms with E-state index in [1.54, 1.807) is 12.1 Å². The molecule has 0 amide bonds. The molecule has 1 atom stereocenters. The number of hydrazine groups is 1. The van der Waals surface area contributed by atoms with Gasteiger partial charge in [0.05, 0.1) is 11.1 Å². The highest BCUT2D eigenvalue weighted by atomic mass is 79.9. The second-order valence-corrected chi connectivity index (χ2v) is 5.60. The SMILES string of the molecule is NNC(Cc1ccc(Cl)c(F)c1)c1cc(F)ccc1Br. The van der Waals surface area contributed by atoms with Crippen molar-refractivity contribution in [3.8, 4) is 0 Å². The van der Waals surface area contributed by atoms with Crippen LogP contribution >= 0.6 is 27.5 Å². The maximum absolute atomic E-state index is 13.4. The molecule has 0 aliphatic carbocycles. The number of benzene rings is 2. The van der Waals surface area contributed by atoms with Crippen LogP contribution in [0.15, 0.2) is 40.9 Å². The van der Waals surface area contributed by atoms with Crippen molar-refractivity contribution >= 4 is 27.5 Å². The zero-order valence-electron chi connectivity index (χ0n) is 10.3. The lowest BCUT2D eigenvalue weighted by Crippen LogP contribution is -2.30. The summed E-state index contributed by atoms with van der Waals surface area (Å²) in [5.41, 5.74) is 4.00. The molecule has 2 rings (SSSR count). The Balaban J connectivity index is 2.28. The molecule has 20 heavy (non-hydrogen) atoms. The van der Waals surface area contributed by atoms with E-state index >= 15 is 0 Å². The third-order valence-corrected chi connectivity index (χ3v) is 3.99. The average molecular weight is 362 g/mol. The lowest BCUT2D eigenvalue weighted by atomic mass is 9.99. The molecule has 0 bridgehead atoms. The highest BCUT2D eigenvalue weighted by Crippen LogP contribution is 2.27. The minimum absolute atomic E-state index is 0.0675. The maximum Gasteiger partial charge on any atom is 0.142 e. The second kappa shape index (κ2) is 6.63. The van der Waals surface area contributed by atoms with Crippen molar-refractivity contribution in [2.24, 2.45) is 5.84 Å². The summed E-state index contributed by atoms with van der Waals surface area (Å²) < 4.78 is 27.5. The highest BCUT2D eigenvalue weighted by molar-refractivity contribution is 9.10. The number of hydrogen-bond donors (Lipinski definition) is 2. The van der Waals surface area contributed by atoms with Crippen molar-refractivity contribution in [2.45, 2.75) is 12.5 Å². The zero-order valence-corrected chi connectivity index (χ0v) is 12.7. The topological polar surface area (TPSA) is 38.0 Å². The van der Waals surface area contributed by atoms with Crippen LogP contribution in [-0.2, 0) is 6.42 Å². The van der Waals surface area contributed by atoms with E-state index in [0.717, 1.165) is 4.47 Å². The molecule has 106 valence electrons. The third-order valence-electron chi connectivity index (χ3n) is 2.96. The number of nitrogens with two attached hydrogens (primary N) is 1. The number of halogens is 4. The van der Waals surface area contributed by atoms with Crippen LogP contribution in [0.1, 0.15) is 17.2 Å². The fraction of sp³-hybridized carbons (Fsp3) is 0.143. The van der Waals surface area contributed by atoms with Crippen LogP contribution in [0.5, 0.6) is 0 Å². The molecule has 0 heterocycles. The molecule has 6 heteroatoms. The summed E-state index contributed by atoms with van der Waals surface area (Å²) in [4.78, 5) is 0. The van der Waals surface area contributed by atoms with E-state index in [1.807, 2.05) is 0 Å². The van der Waals surface area contributed by atoms with Gasteiger partial charge in [0, 0.05) is 4.47 Å². The van der Waals surface area contributed by atoms with Gasteiger partial charge in [0.1, 0.15) is 11.6 Å². The molecular weight excluding hydrogens is 350 g/mol. The Hall–Kier alpha value is -1.01. The van der Waals surface area contributed by atoms with E-state index in [9.17, 15) is 8.78 Å². The molecule has 0 fully saturated rings. The maximum atomic E-state index is 13.4. The van der Waals surface area contributed by atoms with Crippen molar-refractivity contribution in [1.82, 2.24) is 5.43 Å². The fourth-order valence-electron chi connectivity index (χ4n) is 1.94. The van der Waals surface area contributed by atoms with E-state index in [1.165, 1.54) is 24.3 Å². The first-order chi connectivity index (χ1) is 9.51. The Labute approximate surface area is 129 Å². The van der Waals surface area contributed by atoms with Crippen LogP contribution in [0.3, 0.4) is 0 Å². The first-order valence-corrected chi connectivity index (χ1v) is 7.03. The van der Waals surface area contributed by atoms with Crippen LogP contribution in [0.4, 0.5) is 8.78 Å². The predicted molar refractivity (Wildman–Crippen MR) is 79.3 cm³/mol. The summed E-state index contributed by atoms with van der Waals surface area (Å²) in [6.45, 7) is 0. The number of nitrogens with one attached hydrogen (secondary N) is 1. The van der Waals surface area contributed by atoms with Crippen LogP contribution in [-0.4, -0.2) is 0 Å². The van der Waals surface area contributed by atoms with Gasteiger partial charge in [-0.25, -0.2) is 8.78 Å². The molecule has 1 unspecified atom stereocenters. The standard InChI is InChI=1S/C14H12BrClF2N2/c15-11-3-2-9(17)7-10(11)14(20-19)6-8-1-4-12(16)13(18)5-8/h1-5,7,14,20H,6,19H2. The molecule has 2 aromatic rings. The van der Waals surface area contributed by atoms with Gasteiger partial charge in [-0.3, -0.25) is 11.3 Å². The molecule has 0 aliphatic rings. The highest BCUT2D eigenvalue weighted by Gasteiger charge is 2.15. The number of hydrogen-bond acceptors (Lipinski definition) is 2. The van der Waals surface area contributed by atoms with Gasteiger partial charge < -0.3 is 0 Å². The van der Waals surface area contributed by atoms with Gasteiger partial charge in [0.15, 0.2) is 0 Å². The van der Waals surface area contributed by atoms with Crippen molar-refractivity contribution in [1.29, 1.82) is 0 Å². The molecule has 0 aliphatic heterocycles. The monoisotopic (exact) mass is 360 g/mol. The van der Waals surface area contributed by atoms with Crippen molar-refractivity contribution < 1.29 is 8.78 Å². The summed E-state index contributed by atoms with van der Waals surface area (Å²) in [6.07, 6.45) is 0.409. The van der Waals surface area contributed by atoms with Gasteiger partial charge in [0.25, 0.3) is 0 Å². The van der Waals surface area contributed by atoms with Gasteiger partial charge in [-0.05, 0) is 47.9 Å². The molecule has 2 aromatic carbocycles. The molecular formula is C14H12BrClF2N2. The summed E-state index contributed by atoms with van der Waals surface area (Å²) in [6, 6.07) is 8.55. The first kappa shape index (κ1) is 15.4. The molecule has 0 aromatic heterocycles. The Bertz CT molecular complexity index is 622. The van der Waals surface area contributed by atoms with Gasteiger partial charge in [-0.1, -0.05) is 33.6 Å². The summed E-state index contributed by atoms with van der Waals surface area (Å²) in [5, 5.41) is 0.0675. The summed E-state index contributed by atoms with van der Waals surface area (Å²) in [7, 11) is 0. The number of rotatable bonds is 4. The first-order valence-electron chi connectivity index (χ1n) is 5.86. The molecule has 0 radical (unpaired) electrons. The minimum atomic E-state index is -0.488. The molecule has 0 saturated carbocycles. The average Bonchev–Trinajstić information content (AvgIpc) is 2.43. The largest absolute Gasteiger partial charge is 0.271 e. The normalized spacial score (nSPS) is 12.4. The quantitative estimate of drug-likeness (QED) is 0.635. The summed E-state index contributed by atoms with van der Waals surface area (Å²) in [5.74, 6) is 4.68. The fourth-order valence-corrected chi connectivity index (χ4v) is 2.58. The second-order valence-electron chi connectivity index (χ2n) is 4.34. The van der Waals surface area contributed by atoms with E-state index in [2.05, 4.69) is 21.4 Å². The van der Waals surface area contributed by atoms with E-state index in [0.29, 0.717) is 17.5 Å². The Morgan fingerprint density at radius 3 is 2.60 bits per heavy atom. The van der Waals surface area contributed by atoms with Crippen molar-refractivity contribution in [3.05, 3.63) is 68.7 Å². The van der Waals surface area contributed by atoms with Crippen LogP contribution < -0.4 is 11.3 Å². The molecule has 0 saturated heterocycles. The van der Waals surface area contributed by atoms with Crippen molar-refractivity contribution in [3.63, 3.8) is 0 Å². The molecule has 0 spiro atoms. The molecule has 3 N–H and O–H groups in total. The Morgan fingerprint density at radius 2 is 1.95 bits per heavy atom. The van der Waals surface area contributed by atoms with Gasteiger partial charge in [-0.15, -0.1) is 0 Å². The van der Waals surface area contributed by atoms with E-state index in [4.69, 9.17) is 17.4 Å². The third kappa shape index (κ3) is 3.55. The lowest BCUT2D eigenvalue weighted by Gasteiger charge is -2.18. The molecule has 2 nitrogen and oxygen atoms in total. The van der Waals surface area contributed by atoms with Gasteiger partial charge in [-0.2, -0.15) is 0 Å². The zero-order chi connectivity index (χ0) is 14.7. The van der Waals surface area contributed by atoms with E-state index in [-0.39, 0.29) is 16.9 Å². The predicted octanol–water partition coefficient (Wildman–Crippen LogP) is 4.13. The van der Waals surface area contributed by atoms with Crippen LogP contribution in [0.25, 0.3) is 0 Å². The van der Waals surface area contributed by atoms with Gasteiger partial charge in [0.2, 0.25) is 0 Å². The van der Waals surface area contributed by atoms with Crippen molar-refractivity contribution in [2.75, 3.05) is 0 Å². The minimum Gasteiger partial charge on any atom is -0.271 e. The van der Waals surface area contributed by atoms with Crippen LogP contribution in [0, 0.1) is 11.6 Å². The smallest absolute Gasteiger partial charge is 0.142 e. The Morgan fingerprint density at radius 1 is 1.20 bits per heavy atom. The summed E-state index contributed by atoms with van der Waals surface area (Å²) >= 11 is 9.00.